The van der Waals surface area contributed by atoms with Gasteiger partial charge >= 0.3 is 0 Å². The summed E-state index contributed by atoms with van der Waals surface area (Å²) in [5, 5.41) is 7.44. The first-order valence-corrected chi connectivity index (χ1v) is 39.0. The molecule has 0 aliphatic heterocycles. The third kappa shape index (κ3) is 11.7. The fourth-order valence-electron chi connectivity index (χ4n) is 19.0. The van der Waals surface area contributed by atoms with Crippen molar-refractivity contribution in [1.29, 1.82) is 0 Å². The quantitative estimate of drug-likeness (QED) is 0.0394. The van der Waals surface area contributed by atoms with Gasteiger partial charge < -0.3 is 13.7 Å². The van der Waals surface area contributed by atoms with Crippen LogP contribution in [-0.2, 0) is 16.2 Å². The predicted octanol–water partition coefficient (Wildman–Crippen LogP) is 29.6. The van der Waals surface area contributed by atoms with Gasteiger partial charge in [-0.25, -0.2) is 0 Å². The summed E-state index contributed by atoms with van der Waals surface area (Å²) in [6.45, 7) is 14.3. The Kier molecular flexibility index (Phi) is 19.2. The second kappa shape index (κ2) is 28.6. The first kappa shape index (κ1) is 65.8. The second-order valence-electron chi connectivity index (χ2n) is 30.6. The minimum atomic E-state index is -0.329. The van der Waals surface area contributed by atoms with Crippen LogP contribution in [0.25, 0.3) is 99.2 Å². The average molecular weight is 1290 g/mol. The number of furan rings is 2. The highest BCUT2D eigenvalue weighted by Crippen LogP contribution is 2.64. The summed E-state index contributed by atoms with van der Waals surface area (Å²) in [5.74, 6) is 0. The molecule has 2 aromatic heterocycles. The van der Waals surface area contributed by atoms with Gasteiger partial charge in [-0.15, -0.1) is 0 Å². The van der Waals surface area contributed by atoms with Crippen LogP contribution in [0.2, 0.25) is 0 Å². The summed E-state index contributed by atoms with van der Waals surface area (Å²) in [4.78, 5) is 2.61. The molecular weight excluding hydrogens is 1190 g/mol. The number of nitrogens with zero attached hydrogens (tertiary/aromatic N) is 1. The average Bonchev–Trinajstić information content (AvgIpc) is 1.53. The van der Waals surface area contributed by atoms with Crippen LogP contribution in [-0.4, -0.2) is 0 Å². The lowest BCUT2D eigenvalue weighted by atomic mass is 9.68. The summed E-state index contributed by atoms with van der Waals surface area (Å²) < 4.78 is 14.0. The van der Waals surface area contributed by atoms with Crippen LogP contribution >= 0.6 is 0 Å². The molecule has 98 heavy (non-hydrogen) atoms. The van der Waals surface area contributed by atoms with E-state index in [1.54, 1.807) is 22.3 Å². The lowest BCUT2D eigenvalue weighted by molar-refractivity contribution is 0.394. The Hall–Kier alpha value is -8.14. The Morgan fingerprint density at radius 3 is 1.37 bits per heavy atom. The molecule has 502 valence electrons. The molecule has 10 aromatic carbocycles. The van der Waals surface area contributed by atoms with Crippen molar-refractivity contribution in [2.75, 3.05) is 4.90 Å². The SMILES string of the molecule is CCCCCCCCC1(CCCCCCCC)c2cc(N(c3ccccc3)c3ccc4c(c3)C(C)(C)c3cc(-c5cccc6ccccc56)c5oc6ccccc6c5c3-4)ccc2-c2cc3c(cc21)-c1c(ccc2oc4ccccc4c12)C3(CCCCCCCC)CCCCCCCC. The second-order valence-corrected chi connectivity index (χ2v) is 30.6. The molecule has 0 atom stereocenters. The lowest BCUT2D eigenvalue weighted by Gasteiger charge is -2.35. The first-order chi connectivity index (χ1) is 48.2. The minimum absolute atomic E-state index is 0.0925. The molecule has 0 bridgehead atoms. The highest BCUT2D eigenvalue weighted by Gasteiger charge is 2.49. The molecule has 15 rings (SSSR count). The van der Waals surface area contributed by atoms with E-state index in [9.17, 15) is 0 Å². The van der Waals surface area contributed by atoms with Crippen molar-refractivity contribution in [3.8, 4) is 44.5 Å². The van der Waals surface area contributed by atoms with Crippen molar-refractivity contribution < 1.29 is 8.83 Å². The third-order valence-corrected chi connectivity index (χ3v) is 24.0. The number of unbranched alkanes of at least 4 members (excludes halogenated alkanes) is 20. The van der Waals surface area contributed by atoms with Gasteiger partial charge in [-0.1, -0.05) is 311 Å². The zero-order chi connectivity index (χ0) is 66.8. The summed E-state index contributed by atoms with van der Waals surface area (Å²) >= 11 is 0. The summed E-state index contributed by atoms with van der Waals surface area (Å²) in [7, 11) is 0. The van der Waals surface area contributed by atoms with E-state index in [4.69, 9.17) is 8.83 Å². The molecule has 0 saturated heterocycles. The number of rotatable bonds is 32. The summed E-state index contributed by atoms with van der Waals surface area (Å²) in [6, 6.07) is 72.9. The van der Waals surface area contributed by atoms with Crippen LogP contribution in [0, 0.1) is 0 Å². The Labute approximate surface area is 585 Å². The molecular formula is C95H105NO2. The van der Waals surface area contributed by atoms with Crippen molar-refractivity contribution in [2.45, 2.75) is 238 Å². The molecule has 0 fully saturated rings. The van der Waals surface area contributed by atoms with Crippen LogP contribution in [0.5, 0.6) is 0 Å². The van der Waals surface area contributed by atoms with Gasteiger partial charge in [0.25, 0.3) is 0 Å². The first-order valence-electron chi connectivity index (χ1n) is 39.0. The van der Waals surface area contributed by atoms with Crippen molar-refractivity contribution >= 4 is 71.7 Å². The van der Waals surface area contributed by atoms with Crippen LogP contribution in [0.15, 0.2) is 197 Å². The van der Waals surface area contributed by atoms with Gasteiger partial charge in [-0.05, 0) is 182 Å². The van der Waals surface area contributed by atoms with Crippen LogP contribution in [0.4, 0.5) is 17.1 Å². The minimum Gasteiger partial charge on any atom is -0.456 e. The number of para-hydroxylation sites is 3. The maximum Gasteiger partial charge on any atom is 0.143 e. The Bertz CT molecular complexity index is 4780. The smallest absolute Gasteiger partial charge is 0.143 e. The van der Waals surface area contributed by atoms with Gasteiger partial charge in [-0.3, -0.25) is 0 Å². The lowest BCUT2D eigenvalue weighted by Crippen LogP contribution is -2.27. The van der Waals surface area contributed by atoms with Gasteiger partial charge in [0.05, 0.1) is 0 Å². The fourth-order valence-corrected chi connectivity index (χ4v) is 19.0. The molecule has 0 N–H and O–H groups in total. The Morgan fingerprint density at radius 2 is 0.745 bits per heavy atom. The zero-order valence-corrected chi connectivity index (χ0v) is 60.0. The molecule has 2 heterocycles. The van der Waals surface area contributed by atoms with Crippen LogP contribution in [0.3, 0.4) is 0 Å². The third-order valence-electron chi connectivity index (χ3n) is 24.0. The van der Waals surface area contributed by atoms with E-state index in [0.29, 0.717) is 0 Å². The van der Waals surface area contributed by atoms with E-state index in [0.717, 1.165) is 40.7 Å². The summed E-state index contributed by atoms with van der Waals surface area (Å²) in [5.41, 5.74) is 26.8. The maximum atomic E-state index is 7.07. The maximum absolute atomic E-state index is 7.07. The molecule has 0 spiro atoms. The van der Waals surface area contributed by atoms with Gasteiger partial charge in [0, 0.05) is 60.4 Å². The van der Waals surface area contributed by atoms with E-state index in [-0.39, 0.29) is 16.2 Å². The highest BCUT2D eigenvalue weighted by atomic mass is 16.3. The molecule has 0 unspecified atom stereocenters. The van der Waals surface area contributed by atoms with E-state index in [2.05, 4.69) is 234 Å². The Morgan fingerprint density at radius 1 is 0.286 bits per heavy atom. The topological polar surface area (TPSA) is 29.5 Å². The number of hydrogen-bond acceptors (Lipinski definition) is 3. The summed E-state index contributed by atoms with van der Waals surface area (Å²) in [6.07, 6.45) is 35.7. The molecule has 0 saturated carbocycles. The number of benzene rings is 10. The van der Waals surface area contributed by atoms with Gasteiger partial charge in [-0.2, -0.15) is 0 Å². The molecule has 0 amide bonds. The molecule has 3 nitrogen and oxygen atoms in total. The normalized spacial score (nSPS) is 14.4. The monoisotopic (exact) mass is 1290 g/mol. The van der Waals surface area contributed by atoms with Crippen molar-refractivity contribution in [3.05, 3.63) is 221 Å². The zero-order valence-electron chi connectivity index (χ0n) is 60.0. The van der Waals surface area contributed by atoms with Gasteiger partial charge in [0.2, 0.25) is 0 Å². The number of hydrogen-bond donors (Lipinski definition) is 0. The van der Waals surface area contributed by atoms with Crippen molar-refractivity contribution in [2.24, 2.45) is 0 Å². The Balaban J connectivity index is 0.917. The molecule has 3 aliphatic rings. The molecule has 0 radical (unpaired) electrons. The van der Waals surface area contributed by atoms with E-state index in [1.807, 2.05) is 0 Å². The fraction of sp³-hybridized carbons (Fsp3) is 0.389. The highest BCUT2D eigenvalue weighted by molar-refractivity contribution is 6.20. The molecule has 3 heteroatoms. The molecule has 12 aromatic rings. The molecule has 3 aliphatic carbocycles. The van der Waals surface area contributed by atoms with Crippen molar-refractivity contribution in [1.82, 2.24) is 0 Å². The van der Waals surface area contributed by atoms with E-state index >= 15 is 0 Å². The number of fused-ring (bicyclic) bond motifs is 18. The van der Waals surface area contributed by atoms with Gasteiger partial charge in [0.15, 0.2) is 0 Å². The van der Waals surface area contributed by atoms with E-state index in [1.165, 1.54) is 266 Å². The van der Waals surface area contributed by atoms with E-state index < -0.39 is 0 Å². The van der Waals surface area contributed by atoms with Crippen LogP contribution < -0.4 is 4.90 Å². The van der Waals surface area contributed by atoms with Crippen LogP contribution in [0.1, 0.15) is 255 Å². The van der Waals surface area contributed by atoms with Crippen molar-refractivity contribution in [3.63, 3.8) is 0 Å². The standard InChI is InChI=1S/C95H105NO2/c1-7-11-15-19-23-36-57-94(58-37-24-20-16-12-8-2)79-55-56-87-90(74-46-32-34-49-85(74)97-87)89(79)78-65-82-76(63-83(78)94)72-53-51-69(62-81(72)95(82,59-38-25-21-17-13-9-3)60-39-26-22-18-14-10-4)96(67-43-28-27-29-44-67)68-52-54-73-80(61-68)93(5,6)84-64-77(71-48-40-42-66-41-30-31-45-70(66)71)92-91(88(73)84)75-47-33-35-50-86(75)98-92/h27-35,40-56,61-65H,7-26,36-39,57-60H2,1-6H3. The number of anilines is 3. The van der Waals surface area contributed by atoms with Gasteiger partial charge in [0.1, 0.15) is 22.3 Å². The predicted molar refractivity (Wildman–Crippen MR) is 421 cm³/mol. The largest absolute Gasteiger partial charge is 0.456 e.